The van der Waals surface area contributed by atoms with Crippen molar-refractivity contribution >= 4 is 12.0 Å². The van der Waals surface area contributed by atoms with Crippen molar-refractivity contribution in [2.24, 2.45) is 0 Å². The number of carbonyl (C=O) groups excluding carboxylic acids is 1. The van der Waals surface area contributed by atoms with Crippen LogP contribution in [0.4, 0.5) is 4.39 Å². The Morgan fingerprint density at radius 2 is 1.81 bits per heavy atom. The van der Waals surface area contributed by atoms with Crippen molar-refractivity contribution in [1.82, 2.24) is 9.80 Å². The summed E-state index contributed by atoms with van der Waals surface area (Å²) in [6.07, 6.45) is 2.90. The molecule has 0 aliphatic carbocycles. The highest BCUT2D eigenvalue weighted by molar-refractivity contribution is 5.91. The fourth-order valence-electron chi connectivity index (χ4n) is 2.37. The Hall–Kier alpha value is -2.97. The Morgan fingerprint density at radius 1 is 1.12 bits per heavy atom. The summed E-state index contributed by atoms with van der Waals surface area (Å²) in [6.45, 7) is 1.70. The minimum atomic E-state index is -0.358. The van der Waals surface area contributed by atoms with Gasteiger partial charge in [-0.3, -0.25) is 4.79 Å². The molecule has 0 saturated carbocycles. The highest BCUT2D eigenvalue weighted by Gasteiger charge is 2.12. The normalized spacial score (nSPS) is 10.9. The molecule has 0 bridgehead atoms. The minimum Gasteiger partial charge on any atom is -0.334 e. The molecule has 5 heteroatoms. The van der Waals surface area contributed by atoms with Gasteiger partial charge >= 0.3 is 0 Å². The zero-order valence-electron chi connectivity index (χ0n) is 15.0. The fraction of sp³-hybridized carbons (Fsp3) is 0.238. The van der Waals surface area contributed by atoms with Crippen LogP contribution in [0.25, 0.3) is 6.08 Å². The lowest BCUT2D eigenvalue weighted by atomic mass is 10.1. The number of amides is 1. The first kappa shape index (κ1) is 19.4. The van der Waals surface area contributed by atoms with E-state index in [0.717, 1.165) is 12.1 Å². The zero-order chi connectivity index (χ0) is 18.9. The van der Waals surface area contributed by atoms with Gasteiger partial charge < -0.3 is 9.80 Å². The van der Waals surface area contributed by atoms with E-state index in [1.165, 1.54) is 18.2 Å². The first-order chi connectivity index (χ1) is 12.5. The van der Waals surface area contributed by atoms with Crippen LogP contribution in [0.15, 0.2) is 54.6 Å². The van der Waals surface area contributed by atoms with Gasteiger partial charge in [0.25, 0.3) is 0 Å². The van der Waals surface area contributed by atoms with E-state index in [1.54, 1.807) is 35.2 Å². The van der Waals surface area contributed by atoms with Crippen LogP contribution in [-0.2, 0) is 11.3 Å². The third-order valence-electron chi connectivity index (χ3n) is 3.90. The summed E-state index contributed by atoms with van der Waals surface area (Å²) in [5.41, 5.74) is 1.90. The number of benzene rings is 2. The average molecular weight is 351 g/mol. The van der Waals surface area contributed by atoms with Gasteiger partial charge in [-0.15, -0.1) is 0 Å². The third-order valence-corrected chi connectivity index (χ3v) is 3.90. The molecule has 134 valence electrons. The van der Waals surface area contributed by atoms with Crippen LogP contribution in [-0.4, -0.2) is 42.9 Å². The van der Waals surface area contributed by atoms with Crippen molar-refractivity contribution in [2.75, 3.05) is 27.2 Å². The quantitative estimate of drug-likeness (QED) is 0.719. The Morgan fingerprint density at radius 3 is 2.42 bits per heavy atom. The number of nitrogens with zero attached hydrogens (tertiary/aromatic N) is 3. The molecule has 0 atom stereocenters. The molecule has 0 aromatic heterocycles. The highest BCUT2D eigenvalue weighted by atomic mass is 19.1. The smallest absolute Gasteiger partial charge is 0.246 e. The third kappa shape index (κ3) is 5.83. The maximum Gasteiger partial charge on any atom is 0.246 e. The Balaban J connectivity index is 2.13. The van der Waals surface area contributed by atoms with Gasteiger partial charge in [-0.1, -0.05) is 30.3 Å². The van der Waals surface area contributed by atoms with Gasteiger partial charge in [0.1, 0.15) is 5.82 Å². The summed E-state index contributed by atoms with van der Waals surface area (Å²) < 4.78 is 13.7. The summed E-state index contributed by atoms with van der Waals surface area (Å²) in [6, 6.07) is 15.6. The van der Waals surface area contributed by atoms with Gasteiger partial charge in [0.2, 0.25) is 5.91 Å². The van der Waals surface area contributed by atoms with Crippen LogP contribution >= 0.6 is 0 Å². The van der Waals surface area contributed by atoms with E-state index in [4.69, 9.17) is 5.26 Å². The van der Waals surface area contributed by atoms with Gasteiger partial charge in [0.15, 0.2) is 0 Å². The largest absolute Gasteiger partial charge is 0.334 e. The Bertz CT molecular complexity index is 807. The first-order valence-electron chi connectivity index (χ1n) is 8.35. The number of rotatable bonds is 7. The van der Waals surface area contributed by atoms with E-state index in [-0.39, 0.29) is 11.7 Å². The van der Waals surface area contributed by atoms with E-state index >= 15 is 0 Å². The minimum absolute atomic E-state index is 0.181. The van der Waals surface area contributed by atoms with Crippen molar-refractivity contribution in [3.8, 4) is 6.07 Å². The molecule has 0 spiro atoms. The lowest BCUT2D eigenvalue weighted by molar-refractivity contribution is -0.126. The zero-order valence-corrected chi connectivity index (χ0v) is 15.0. The predicted octanol–water partition coefficient (Wildman–Crippen LogP) is 3.30. The molecular weight excluding hydrogens is 329 g/mol. The molecule has 0 fully saturated rings. The molecule has 0 heterocycles. The molecule has 0 unspecified atom stereocenters. The van der Waals surface area contributed by atoms with E-state index in [9.17, 15) is 9.18 Å². The maximum atomic E-state index is 13.7. The number of hydrogen-bond acceptors (Lipinski definition) is 3. The van der Waals surface area contributed by atoms with Gasteiger partial charge in [-0.25, -0.2) is 4.39 Å². The number of carbonyl (C=O) groups is 1. The lowest BCUT2D eigenvalue weighted by Crippen LogP contribution is -2.35. The number of halogens is 1. The molecule has 0 aliphatic rings. The van der Waals surface area contributed by atoms with E-state index in [2.05, 4.69) is 6.07 Å². The summed E-state index contributed by atoms with van der Waals surface area (Å²) in [7, 11) is 3.89. The Kier molecular flexibility index (Phi) is 7.07. The highest BCUT2D eigenvalue weighted by Crippen LogP contribution is 2.11. The molecule has 0 saturated heterocycles. The van der Waals surface area contributed by atoms with Crippen LogP contribution in [0.3, 0.4) is 0 Å². The van der Waals surface area contributed by atoms with Crippen molar-refractivity contribution in [3.63, 3.8) is 0 Å². The van der Waals surface area contributed by atoms with Gasteiger partial charge in [-0.2, -0.15) is 5.26 Å². The van der Waals surface area contributed by atoms with E-state index in [1.807, 2.05) is 31.1 Å². The van der Waals surface area contributed by atoms with E-state index < -0.39 is 0 Å². The molecular formula is C21H22FN3O. The standard InChI is InChI=1S/C21H22FN3O/c1-24(2)13-14-25(16-18-9-7-17(15-23)8-10-18)21(26)12-11-19-5-3-4-6-20(19)22/h3-12H,13-14,16H2,1-2H3. The molecule has 0 radical (unpaired) electrons. The average Bonchev–Trinajstić information content (AvgIpc) is 2.64. The van der Waals surface area contributed by atoms with Crippen molar-refractivity contribution in [1.29, 1.82) is 5.26 Å². The van der Waals surface area contributed by atoms with Crippen molar-refractivity contribution < 1.29 is 9.18 Å². The monoisotopic (exact) mass is 351 g/mol. The summed E-state index contributed by atoms with van der Waals surface area (Å²) in [4.78, 5) is 16.3. The first-order valence-corrected chi connectivity index (χ1v) is 8.35. The number of nitriles is 1. The summed E-state index contributed by atoms with van der Waals surface area (Å²) in [5.74, 6) is -0.539. The Labute approximate surface area is 153 Å². The van der Waals surface area contributed by atoms with Crippen LogP contribution in [0, 0.1) is 17.1 Å². The molecule has 4 nitrogen and oxygen atoms in total. The van der Waals surface area contributed by atoms with Gasteiger partial charge in [0.05, 0.1) is 11.6 Å². The lowest BCUT2D eigenvalue weighted by Gasteiger charge is -2.23. The van der Waals surface area contributed by atoms with Crippen LogP contribution < -0.4 is 0 Å². The van der Waals surface area contributed by atoms with Crippen molar-refractivity contribution in [3.05, 3.63) is 77.1 Å². The second-order valence-electron chi connectivity index (χ2n) is 6.23. The van der Waals surface area contributed by atoms with Gasteiger partial charge in [-0.05, 0) is 43.9 Å². The SMILES string of the molecule is CN(C)CCN(Cc1ccc(C#N)cc1)C(=O)C=Cc1ccccc1F. The fourth-order valence-corrected chi connectivity index (χ4v) is 2.37. The van der Waals surface area contributed by atoms with Gasteiger partial charge in [0, 0.05) is 31.3 Å². The summed E-state index contributed by atoms with van der Waals surface area (Å²) in [5, 5.41) is 8.88. The number of hydrogen-bond donors (Lipinski definition) is 0. The number of likely N-dealkylation sites (N-methyl/N-ethyl adjacent to an activating group) is 1. The topological polar surface area (TPSA) is 47.3 Å². The van der Waals surface area contributed by atoms with Crippen LogP contribution in [0.5, 0.6) is 0 Å². The molecule has 0 aliphatic heterocycles. The molecule has 1 amide bonds. The summed E-state index contributed by atoms with van der Waals surface area (Å²) >= 11 is 0. The maximum absolute atomic E-state index is 13.7. The molecule has 2 aromatic carbocycles. The van der Waals surface area contributed by atoms with Crippen LogP contribution in [0.1, 0.15) is 16.7 Å². The molecule has 2 rings (SSSR count). The molecule has 2 aromatic rings. The molecule has 26 heavy (non-hydrogen) atoms. The van der Waals surface area contributed by atoms with Crippen molar-refractivity contribution in [2.45, 2.75) is 6.54 Å². The second-order valence-corrected chi connectivity index (χ2v) is 6.23. The van der Waals surface area contributed by atoms with Crippen LogP contribution in [0.2, 0.25) is 0 Å². The second kappa shape index (κ2) is 9.50. The molecule has 0 N–H and O–H groups in total. The van der Waals surface area contributed by atoms with E-state index in [0.29, 0.717) is 24.2 Å². The predicted molar refractivity (Wildman–Crippen MR) is 101 cm³/mol.